The van der Waals surface area contributed by atoms with Crippen molar-refractivity contribution in [3.05, 3.63) is 59.7 Å². The van der Waals surface area contributed by atoms with E-state index in [0.29, 0.717) is 18.0 Å². The van der Waals surface area contributed by atoms with Crippen LogP contribution in [0.25, 0.3) is 0 Å². The first-order valence-electron chi connectivity index (χ1n) is 9.01. The number of nitrogens with one attached hydrogen (secondary N) is 1. The largest absolute Gasteiger partial charge is 0.497 e. The minimum Gasteiger partial charge on any atom is -0.497 e. The molecule has 0 fully saturated rings. The van der Waals surface area contributed by atoms with E-state index in [1.54, 1.807) is 31.4 Å². The molecule has 1 aliphatic heterocycles. The number of aliphatic carboxylic acids is 1. The van der Waals surface area contributed by atoms with Crippen LogP contribution in [-0.4, -0.2) is 42.1 Å². The predicted molar refractivity (Wildman–Crippen MR) is 103 cm³/mol. The number of carboxylic acid groups (broad SMARTS) is 1. The summed E-state index contributed by atoms with van der Waals surface area (Å²) in [6, 6.07) is 15.2. The summed E-state index contributed by atoms with van der Waals surface area (Å²) < 4.78 is 5.13. The lowest BCUT2D eigenvalue weighted by Crippen LogP contribution is -2.38. The van der Waals surface area contributed by atoms with Gasteiger partial charge < -0.3 is 15.2 Å². The molecule has 0 spiro atoms. The number of nitrogens with zero attached hydrogens (tertiary/aromatic N) is 1. The van der Waals surface area contributed by atoms with Crippen molar-refractivity contribution >= 4 is 17.6 Å². The van der Waals surface area contributed by atoms with Crippen molar-refractivity contribution in [1.82, 2.24) is 4.90 Å². The second kappa shape index (κ2) is 8.68. The van der Waals surface area contributed by atoms with E-state index in [0.717, 1.165) is 19.5 Å². The van der Waals surface area contributed by atoms with Gasteiger partial charge in [0, 0.05) is 37.8 Å². The van der Waals surface area contributed by atoms with E-state index in [9.17, 15) is 14.7 Å². The van der Waals surface area contributed by atoms with E-state index in [4.69, 9.17) is 4.74 Å². The number of amides is 1. The molecule has 3 rings (SSSR count). The first-order chi connectivity index (χ1) is 13.0. The normalized spacial score (nSPS) is 14.9. The molecule has 0 aliphatic carbocycles. The molecule has 0 saturated carbocycles. The molecule has 1 atom stereocenters. The van der Waals surface area contributed by atoms with Crippen molar-refractivity contribution < 1.29 is 19.4 Å². The molecule has 0 radical (unpaired) electrons. The maximum absolute atomic E-state index is 12.3. The lowest BCUT2D eigenvalue weighted by molar-refractivity contribution is -0.144. The van der Waals surface area contributed by atoms with Gasteiger partial charge in [0.1, 0.15) is 5.75 Å². The Labute approximate surface area is 158 Å². The molecule has 0 aromatic heterocycles. The zero-order chi connectivity index (χ0) is 19.2. The number of carbonyl (C=O) groups excluding carboxylic acids is 1. The molecule has 1 unspecified atom stereocenters. The number of fused-ring (bicyclic) bond motifs is 1. The summed E-state index contributed by atoms with van der Waals surface area (Å²) in [6.45, 7) is 1.88. The third-order valence-corrected chi connectivity index (χ3v) is 4.82. The fourth-order valence-electron chi connectivity index (χ4n) is 3.39. The highest BCUT2D eigenvalue weighted by Gasteiger charge is 2.26. The second-order valence-corrected chi connectivity index (χ2v) is 6.77. The molecule has 1 aliphatic rings. The average molecular weight is 368 g/mol. The van der Waals surface area contributed by atoms with Gasteiger partial charge in [-0.05, 0) is 29.7 Å². The number of carboxylic acids is 1. The van der Waals surface area contributed by atoms with Crippen LogP contribution in [0.4, 0.5) is 5.69 Å². The number of ether oxygens (including phenoxy) is 1. The van der Waals surface area contributed by atoms with E-state index in [1.807, 2.05) is 12.1 Å². The summed E-state index contributed by atoms with van der Waals surface area (Å²) in [5.74, 6) is -1.38. The molecule has 2 aromatic rings. The molecule has 6 nitrogen and oxygen atoms in total. The van der Waals surface area contributed by atoms with E-state index in [-0.39, 0.29) is 12.3 Å². The van der Waals surface area contributed by atoms with Crippen LogP contribution in [0.1, 0.15) is 17.5 Å². The average Bonchev–Trinajstić information content (AvgIpc) is 2.67. The van der Waals surface area contributed by atoms with Crippen LogP contribution in [0, 0.1) is 5.92 Å². The predicted octanol–water partition coefficient (Wildman–Crippen LogP) is 2.78. The first-order valence-corrected chi connectivity index (χ1v) is 9.01. The van der Waals surface area contributed by atoms with Gasteiger partial charge in [-0.1, -0.05) is 30.3 Å². The molecule has 2 N–H and O–H groups in total. The summed E-state index contributed by atoms with van der Waals surface area (Å²) in [7, 11) is 1.55. The quantitative estimate of drug-likeness (QED) is 0.786. The number of methoxy groups -OCH3 is 1. The molecule has 1 amide bonds. The molecule has 6 heteroatoms. The number of rotatable bonds is 7. The van der Waals surface area contributed by atoms with Crippen LogP contribution in [0.5, 0.6) is 5.75 Å². The van der Waals surface area contributed by atoms with E-state index >= 15 is 0 Å². The van der Waals surface area contributed by atoms with Crippen molar-refractivity contribution in [1.29, 1.82) is 0 Å². The Kier molecular flexibility index (Phi) is 6.08. The van der Waals surface area contributed by atoms with Gasteiger partial charge >= 0.3 is 5.97 Å². The minimum atomic E-state index is -0.949. The van der Waals surface area contributed by atoms with Crippen molar-refractivity contribution in [2.45, 2.75) is 19.4 Å². The number of hydrogen-bond donors (Lipinski definition) is 2. The summed E-state index contributed by atoms with van der Waals surface area (Å²) in [5, 5.41) is 12.3. The number of carbonyl (C=O) groups is 2. The third kappa shape index (κ3) is 5.08. The Balaban J connectivity index is 1.59. The Hall–Kier alpha value is -2.86. The van der Waals surface area contributed by atoms with Crippen molar-refractivity contribution in [2.24, 2.45) is 5.92 Å². The molecule has 1 heterocycles. The topological polar surface area (TPSA) is 78.9 Å². The van der Waals surface area contributed by atoms with Gasteiger partial charge in [-0.25, -0.2) is 0 Å². The van der Waals surface area contributed by atoms with Gasteiger partial charge in [-0.3, -0.25) is 14.5 Å². The summed E-state index contributed by atoms with van der Waals surface area (Å²) >= 11 is 0. The van der Waals surface area contributed by atoms with E-state index < -0.39 is 11.9 Å². The van der Waals surface area contributed by atoms with Crippen molar-refractivity contribution in [2.75, 3.05) is 25.5 Å². The lowest BCUT2D eigenvalue weighted by Gasteiger charge is -2.30. The highest BCUT2D eigenvalue weighted by atomic mass is 16.5. The van der Waals surface area contributed by atoms with Crippen LogP contribution in [-0.2, 0) is 22.6 Å². The molecule has 0 saturated heterocycles. The summed E-state index contributed by atoms with van der Waals surface area (Å²) in [6.07, 6.45) is 0.837. The Morgan fingerprint density at radius 3 is 2.70 bits per heavy atom. The second-order valence-electron chi connectivity index (χ2n) is 6.77. The van der Waals surface area contributed by atoms with Gasteiger partial charge in [0.05, 0.1) is 13.0 Å². The standard InChI is InChI=1S/C21H24N2O4/c1-27-19-8-4-7-18(12-19)22-20(24)11-17(21(25)26)14-23-10-9-15-5-2-3-6-16(15)13-23/h2-8,12,17H,9-11,13-14H2,1H3,(H,22,24)(H,25,26). The van der Waals surface area contributed by atoms with Gasteiger partial charge in [-0.15, -0.1) is 0 Å². The molecular formula is C21H24N2O4. The SMILES string of the molecule is COc1cccc(NC(=O)CC(CN2CCc3ccccc3C2)C(=O)O)c1. The smallest absolute Gasteiger partial charge is 0.308 e. The Bertz CT molecular complexity index is 821. The number of hydrogen-bond acceptors (Lipinski definition) is 4. The minimum absolute atomic E-state index is 0.0648. The van der Waals surface area contributed by atoms with Gasteiger partial charge in [0.25, 0.3) is 0 Å². The zero-order valence-corrected chi connectivity index (χ0v) is 15.4. The van der Waals surface area contributed by atoms with Crippen LogP contribution in [0.3, 0.4) is 0 Å². The molecule has 27 heavy (non-hydrogen) atoms. The molecule has 142 valence electrons. The summed E-state index contributed by atoms with van der Waals surface area (Å²) in [4.78, 5) is 26.1. The monoisotopic (exact) mass is 368 g/mol. The van der Waals surface area contributed by atoms with E-state index in [1.165, 1.54) is 11.1 Å². The third-order valence-electron chi connectivity index (χ3n) is 4.82. The van der Waals surface area contributed by atoms with Crippen LogP contribution in [0.2, 0.25) is 0 Å². The molecule has 2 aromatic carbocycles. The molecular weight excluding hydrogens is 344 g/mol. The zero-order valence-electron chi connectivity index (χ0n) is 15.4. The van der Waals surface area contributed by atoms with E-state index in [2.05, 4.69) is 22.3 Å². The van der Waals surface area contributed by atoms with Gasteiger partial charge in [0.15, 0.2) is 0 Å². The number of benzene rings is 2. The fraction of sp³-hybridized carbons (Fsp3) is 0.333. The van der Waals surface area contributed by atoms with Crippen LogP contribution >= 0.6 is 0 Å². The van der Waals surface area contributed by atoms with Gasteiger partial charge in [-0.2, -0.15) is 0 Å². The summed E-state index contributed by atoms with van der Waals surface area (Å²) in [5.41, 5.74) is 3.14. The van der Waals surface area contributed by atoms with Crippen LogP contribution < -0.4 is 10.1 Å². The first kappa shape index (κ1) is 18.9. The van der Waals surface area contributed by atoms with Crippen molar-refractivity contribution in [3.8, 4) is 5.75 Å². The van der Waals surface area contributed by atoms with Crippen molar-refractivity contribution in [3.63, 3.8) is 0 Å². The lowest BCUT2D eigenvalue weighted by atomic mass is 9.97. The maximum atomic E-state index is 12.3. The highest BCUT2D eigenvalue weighted by Crippen LogP contribution is 2.21. The van der Waals surface area contributed by atoms with Crippen LogP contribution in [0.15, 0.2) is 48.5 Å². The number of anilines is 1. The molecule has 0 bridgehead atoms. The Morgan fingerprint density at radius 1 is 1.19 bits per heavy atom. The maximum Gasteiger partial charge on any atom is 0.308 e. The Morgan fingerprint density at radius 2 is 1.96 bits per heavy atom. The van der Waals surface area contributed by atoms with Gasteiger partial charge in [0.2, 0.25) is 5.91 Å². The highest BCUT2D eigenvalue weighted by molar-refractivity contribution is 5.93. The fourth-order valence-corrected chi connectivity index (χ4v) is 3.39.